The van der Waals surface area contributed by atoms with Gasteiger partial charge in [-0.15, -0.1) is 11.3 Å². The summed E-state index contributed by atoms with van der Waals surface area (Å²) < 4.78 is 6.16. The van der Waals surface area contributed by atoms with Gasteiger partial charge in [0.25, 0.3) is 0 Å². The summed E-state index contributed by atoms with van der Waals surface area (Å²) in [6.45, 7) is 8.81. The molecule has 5 nitrogen and oxygen atoms in total. The van der Waals surface area contributed by atoms with Crippen LogP contribution in [0.2, 0.25) is 0 Å². The summed E-state index contributed by atoms with van der Waals surface area (Å²) in [6.07, 6.45) is 2.46. The van der Waals surface area contributed by atoms with Gasteiger partial charge < -0.3 is 19.9 Å². The molecule has 156 valence electrons. The number of aliphatic imine (C=N–C) groups is 1. The molecule has 1 aromatic carbocycles. The molecular weight excluding hydrogens is 380 g/mol. The van der Waals surface area contributed by atoms with Gasteiger partial charge in [-0.25, -0.2) is 0 Å². The zero-order valence-electron chi connectivity index (χ0n) is 17.3. The van der Waals surface area contributed by atoms with Crippen molar-refractivity contribution in [3.8, 4) is 0 Å². The van der Waals surface area contributed by atoms with Gasteiger partial charge in [0.15, 0.2) is 5.96 Å². The Kier molecular flexibility index (Phi) is 7.06. The van der Waals surface area contributed by atoms with Gasteiger partial charge in [0, 0.05) is 51.8 Å². The summed E-state index contributed by atoms with van der Waals surface area (Å²) in [7, 11) is 0. The van der Waals surface area contributed by atoms with E-state index >= 15 is 0 Å². The number of hydrogen-bond donors (Lipinski definition) is 1. The molecule has 2 unspecified atom stereocenters. The fraction of sp³-hybridized carbons (Fsp3) is 0.522. The minimum Gasteiger partial charge on any atom is -0.373 e. The van der Waals surface area contributed by atoms with E-state index in [1.165, 1.54) is 17.0 Å². The van der Waals surface area contributed by atoms with Crippen LogP contribution in [0.4, 0.5) is 5.00 Å². The normalized spacial score (nSPS) is 23.3. The van der Waals surface area contributed by atoms with Gasteiger partial charge in [0.1, 0.15) is 0 Å². The molecule has 2 aliphatic heterocycles. The van der Waals surface area contributed by atoms with Crippen molar-refractivity contribution in [2.24, 2.45) is 10.9 Å². The monoisotopic (exact) mass is 412 g/mol. The zero-order chi connectivity index (χ0) is 19.9. The van der Waals surface area contributed by atoms with Crippen molar-refractivity contribution in [1.29, 1.82) is 0 Å². The molecule has 2 aliphatic rings. The lowest BCUT2D eigenvalue weighted by Gasteiger charge is -2.37. The Hall–Kier alpha value is -2.05. The molecule has 6 heteroatoms. The van der Waals surface area contributed by atoms with E-state index in [0.717, 1.165) is 58.3 Å². The fourth-order valence-electron chi connectivity index (χ4n) is 4.26. The van der Waals surface area contributed by atoms with Crippen LogP contribution >= 0.6 is 11.3 Å². The molecule has 0 bridgehead atoms. The van der Waals surface area contributed by atoms with E-state index in [0.29, 0.717) is 5.92 Å². The molecule has 0 spiro atoms. The molecule has 1 aromatic heterocycles. The second kappa shape index (κ2) is 10.1. The third-order valence-corrected chi connectivity index (χ3v) is 6.71. The van der Waals surface area contributed by atoms with Gasteiger partial charge in [-0.1, -0.05) is 30.3 Å². The first-order valence-corrected chi connectivity index (χ1v) is 11.7. The Labute approximate surface area is 178 Å². The Morgan fingerprint density at radius 3 is 2.69 bits per heavy atom. The number of nitrogens with zero attached hydrogens (tertiary/aromatic N) is 3. The molecule has 0 amide bonds. The number of benzene rings is 1. The van der Waals surface area contributed by atoms with Crippen LogP contribution in [0.25, 0.3) is 0 Å². The fourth-order valence-corrected chi connectivity index (χ4v) is 5.04. The van der Waals surface area contributed by atoms with Gasteiger partial charge in [0.05, 0.1) is 11.1 Å². The van der Waals surface area contributed by atoms with E-state index < -0.39 is 0 Å². The van der Waals surface area contributed by atoms with E-state index in [4.69, 9.17) is 9.73 Å². The van der Waals surface area contributed by atoms with Gasteiger partial charge >= 0.3 is 0 Å². The topological polar surface area (TPSA) is 40.1 Å². The second-order valence-electron chi connectivity index (χ2n) is 7.72. The summed E-state index contributed by atoms with van der Waals surface area (Å²) in [4.78, 5) is 9.95. The van der Waals surface area contributed by atoms with E-state index in [2.05, 4.69) is 69.9 Å². The number of thiophene rings is 1. The van der Waals surface area contributed by atoms with E-state index in [1.54, 1.807) is 0 Å². The third kappa shape index (κ3) is 5.11. The number of rotatable bonds is 5. The zero-order valence-corrected chi connectivity index (χ0v) is 18.1. The first-order chi connectivity index (χ1) is 14.3. The van der Waals surface area contributed by atoms with Gasteiger partial charge in [0.2, 0.25) is 0 Å². The van der Waals surface area contributed by atoms with Crippen molar-refractivity contribution in [1.82, 2.24) is 10.2 Å². The molecule has 2 aromatic rings. The molecular formula is C23H32N4OS. The maximum absolute atomic E-state index is 6.16. The van der Waals surface area contributed by atoms with Crippen LogP contribution in [-0.4, -0.2) is 56.7 Å². The molecule has 29 heavy (non-hydrogen) atoms. The quantitative estimate of drug-likeness (QED) is 0.595. The van der Waals surface area contributed by atoms with Crippen LogP contribution in [0, 0.1) is 5.92 Å². The predicted octanol–water partition coefficient (Wildman–Crippen LogP) is 4.00. The minimum atomic E-state index is 0.159. The average molecular weight is 413 g/mol. The molecule has 0 radical (unpaired) electrons. The van der Waals surface area contributed by atoms with Crippen LogP contribution in [0.1, 0.15) is 31.4 Å². The Balaban J connectivity index is 1.40. The Morgan fingerprint density at radius 2 is 1.97 bits per heavy atom. The van der Waals surface area contributed by atoms with Crippen molar-refractivity contribution in [3.05, 3.63) is 53.4 Å². The molecule has 2 saturated heterocycles. The lowest BCUT2D eigenvalue weighted by atomic mass is 9.89. The van der Waals surface area contributed by atoms with E-state index in [9.17, 15) is 0 Å². The highest BCUT2D eigenvalue weighted by Crippen LogP contribution is 2.33. The molecule has 0 saturated carbocycles. The molecule has 4 rings (SSSR count). The van der Waals surface area contributed by atoms with Crippen LogP contribution in [-0.2, 0) is 4.74 Å². The number of nitrogens with one attached hydrogen (secondary N) is 1. The second-order valence-corrected chi connectivity index (χ2v) is 8.65. The van der Waals surface area contributed by atoms with Crippen LogP contribution < -0.4 is 10.2 Å². The number of piperazine rings is 1. The minimum absolute atomic E-state index is 0.159. The van der Waals surface area contributed by atoms with Crippen LogP contribution in [0.3, 0.4) is 0 Å². The van der Waals surface area contributed by atoms with Crippen molar-refractivity contribution >= 4 is 22.3 Å². The van der Waals surface area contributed by atoms with Crippen LogP contribution in [0.15, 0.2) is 52.8 Å². The largest absolute Gasteiger partial charge is 0.373 e. The maximum Gasteiger partial charge on any atom is 0.194 e. The Morgan fingerprint density at radius 1 is 1.14 bits per heavy atom. The lowest BCUT2D eigenvalue weighted by Crippen LogP contribution is -2.52. The van der Waals surface area contributed by atoms with Crippen molar-refractivity contribution in [2.75, 3.05) is 50.8 Å². The highest BCUT2D eigenvalue weighted by molar-refractivity contribution is 7.14. The number of ether oxygens (including phenoxy) is 1. The number of hydrogen-bond acceptors (Lipinski definition) is 4. The van der Waals surface area contributed by atoms with Crippen molar-refractivity contribution < 1.29 is 4.74 Å². The van der Waals surface area contributed by atoms with Gasteiger partial charge in [-0.2, -0.15) is 0 Å². The summed E-state index contributed by atoms with van der Waals surface area (Å²) in [5.74, 6) is 1.49. The van der Waals surface area contributed by atoms with Crippen LogP contribution in [0.5, 0.6) is 0 Å². The smallest absolute Gasteiger partial charge is 0.194 e. The third-order valence-electron chi connectivity index (χ3n) is 5.78. The highest BCUT2D eigenvalue weighted by atomic mass is 32.1. The highest BCUT2D eigenvalue weighted by Gasteiger charge is 2.28. The Bertz CT molecular complexity index is 756. The van der Waals surface area contributed by atoms with Crippen molar-refractivity contribution in [3.63, 3.8) is 0 Å². The molecule has 0 aliphatic carbocycles. The van der Waals surface area contributed by atoms with Gasteiger partial charge in [-0.3, -0.25) is 4.99 Å². The summed E-state index contributed by atoms with van der Waals surface area (Å²) in [6, 6.07) is 15.0. The number of guanidine groups is 1. The van der Waals surface area contributed by atoms with E-state index in [-0.39, 0.29) is 6.10 Å². The summed E-state index contributed by atoms with van der Waals surface area (Å²) >= 11 is 1.82. The first-order valence-electron chi connectivity index (χ1n) is 10.8. The molecule has 2 fully saturated rings. The molecule has 2 atom stereocenters. The predicted molar refractivity (Wildman–Crippen MR) is 122 cm³/mol. The molecule has 1 N–H and O–H groups in total. The van der Waals surface area contributed by atoms with Crippen molar-refractivity contribution in [2.45, 2.75) is 25.9 Å². The van der Waals surface area contributed by atoms with Gasteiger partial charge in [-0.05, 0) is 42.8 Å². The maximum atomic E-state index is 6.16. The average Bonchev–Trinajstić information content (AvgIpc) is 3.33. The summed E-state index contributed by atoms with van der Waals surface area (Å²) in [5, 5.41) is 7.04. The first kappa shape index (κ1) is 20.2. The molecule has 3 heterocycles. The van der Waals surface area contributed by atoms with E-state index in [1.807, 2.05) is 11.3 Å². The summed E-state index contributed by atoms with van der Waals surface area (Å²) in [5.41, 5.74) is 1.28. The SMILES string of the molecule is CCNC(=NCC1CCCOC1c1ccccc1)N1CCN(c2cccs2)CC1. The standard InChI is InChI=1S/C23H32N4OS/c1-2-24-23(27-14-12-26(13-15-27)21-11-7-17-29-21)25-18-20-10-6-16-28-22(20)19-8-4-3-5-9-19/h3-5,7-9,11,17,20,22H,2,6,10,12-16,18H2,1H3,(H,24,25). The number of anilines is 1. The lowest BCUT2D eigenvalue weighted by molar-refractivity contribution is -0.0250.